The fraction of sp³-hybridized carbons (Fsp3) is 0.150. The zero-order valence-electron chi connectivity index (χ0n) is 14.5. The van der Waals surface area contributed by atoms with E-state index >= 15 is 0 Å². The lowest BCUT2D eigenvalue weighted by Crippen LogP contribution is -2.16. The lowest BCUT2D eigenvalue weighted by Gasteiger charge is -2.19. The molecule has 3 heterocycles. The first-order valence-electron chi connectivity index (χ1n) is 8.58. The first kappa shape index (κ1) is 16.8. The van der Waals surface area contributed by atoms with Crippen molar-refractivity contribution in [3.05, 3.63) is 72.2 Å². The standard InChI is InChI=1S/C20H18N4O3/c25-20(24-16-4-5-17-18(10-16)27-9-8-26-17)15-3-6-19(23-13-15)22-12-14-2-1-7-21-11-14/h1-7,10-11,13H,8-9,12H2,(H,22,23)(H,24,25). The van der Waals surface area contributed by atoms with Crippen molar-refractivity contribution in [1.82, 2.24) is 9.97 Å². The molecule has 7 nitrogen and oxygen atoms in total. The molecule has 27 heavy (non-hydrogen) atoms. The molecule has 0 fully saturated rings. The number of amides is 1. The Kier molecular flexibility index (Phi) is 4.82. The van der Waals surface area contributed by atoms with E-state index in [1.165, 1.54) is 0 Å². The van der Waals surface area contributed by atoms with Crippen LogP contribution in [0.1, 0.15) is 15.9 Å². The highest BCUT2D eigenvalue weighted by molar-refractivity contribution is 6.04. The van der Waals surface area contributed by atoms with Gasteiger partial charge in [0.25, 0.3) is 5.91 Å². The molecule has 0 radical (unpaired) electrons. The second-order valence-electron chi connectivity index (χ2n) is 5.96. The molecule has 7 heteroatoms. The predicted octanol–water partition coefficient (Wildman–Crippen LogP) is 3.11. The lowest BCUT2D eigenvalue weighted by molar-refractivity contribution is 0.102. The number of anilines is 2. The normalized spacial score (nSPS) is 12.3. The van der Waals surface area contributed by atoms with Gasteiger partial charge in [0.05, 0.1) is 5.56 Å². The topological polar surface area (TPSA) is 85.4 Å². The van der Waals surface area contributed by atoms with Crippen LogP contribution >= 0.6 is 0 Å². The summed E-state index contributed by atoms with van der Waals surface area (Å²) in [5.41, 5.74) is 2.17. The van der Waals surface area contributed by atoms with Crippen LogP contribution in [-0.2, 0) is 6.54 Å². The van der Waals surface area contributed by atoms with E-state index in [2.05, 4.69) is 20.6 Å². The average molecular weight is 362 g/mol. The molecule has 1 aliphatic heterocycles. The largest absolute Gasteiger partial charge is 0.486 e. The van der Waals surface area contributed by atoms with Gasteiger partial charge in [-0.25, -0.2) is 4.98 Å². The van der Waals surface area contributed by atoms with E-state index < -0.39 is 0 Å². The van der Waals surface area contributed by atoms with Gasteiger partial charge in [-0.3, -0.25) is 9.78 Å². The van der Waals surface area contributed by atoms with Gasteiger partial charge in [-0.15, -0.1) is 0 Å². The quantitative estimate of drug-likeness (QED) is 0.725. The molecule has 0 unspecified atom stereocenters. The molecule has 4 rings (SSSR count). The van der Waals surface area contributed by atoms with E-state index in [4.69, 9.17) is 9.47 Å². The summed E-state index contributed by atoms with van der Waals surface area (Å²) in [4.78, 5) is 20.8. The maximum atomic E-state index is 12.4. The number of nitrogens with zero attached hydrogens (tertiary/aromatic N) is 2. The third-order valence-corrected chi connectivity index (χ3v) is 4.02. The number of fused-ring (bicyclic) bond motifs is 1. The molecular formula is C20H18N4O3. The molecule has 2 N–H and O–H groups in total. The fourth-order valence-electron chi connectivity index (χ4n) is 2.65. The van der Waals surface area contributed by atoms with E-state index in [1.54, 1.807) is 48.9 Å². The third-order valence-electron chi connectivity index (χ3n) is 4.02. The molecule has 2 aromatic heterocycles. The number of aromatic nitrogens is 2. The van der Waals surface area contributed by atoms with E-state index in [0.29, 0.717) is 48.3 Å². The van der Waals surface area contributed by atoms with Crippen LogP contribution in [0.5, 0.6) is 11.5 Å². The van der Waals surface area contributed by atoms with Crippen LogP contribution in [0.15, 0.2) is 61.1 Å². The molecule has 1 aromatic carbocycles. The van der Waals surface area contributed by atoms with Gasteiger partial charge in [-0.05, 0) is 35.9 Å². The van der Waals surface area contributed by atoms with Crippen LogP contribution in [0.25, 0.3) is 0 Å². The summed E-state index contributed by atoms with van der Waals surface area (Å²) >= 11 is 0. The highest BCUT2D eigenvalue weighted by Gasteiger charge is 2.13. The Balaban J connectivity index is 1.37. The van der Waals surface area contributed by atoms with Crippen molar-refractivity contribution in [3.8, 4) is 11.5 Å². The molecule has 136 valence electrons. The molecule has 0 bridgehead atoms. The molecular weight excluding hydrogens is 344 g/mol. The lowest BCUT2D eigenvalue weighted by atomic mass is 10.2. The number of rotatable bonds is 5. The Morgan fingerprint density at radius 2 is 1.93 bits per heavy atom. The van der Waals surface area contributed by atoms with Crippen molar-refractivity contribution in [2.24, 2.45) is 0 Å². The van der Waals surface area contributed by atoms with Gasteiger partial charge in [0.1, 0.15) is 19.0 Å². The summed E-state index contributed by atoms with van der Waals surface area (Å²) in [5.74, 6) is 1.77. The fourth-order valence-corrected chi connectivity index (χ4v) is 2.65. The van der Waals surface area contributed by atoms with Crippen molar-refractivity contribution in [3.63, 3.8) is 0 Å². The molecule has 0 saturated heterocycles. The van der Waals surface area contributed by atoms with Crippen molar-refractivity contribution in [2.45, 2.75) is 6.54 Å². The monoisotopic (exact) mass is 362 g/mol. The van der Waals surface area contributed by atoms with Crippen molar-refractivity contribution < 1.29 is 14.3 Å². The van der Waals surface area contributed by atoms with Gasteiger partial charge in [0.2, 0.25) is 0 Å². The van der Waals surface area contributed by atoms with E-state index in [-0.39, 0.29) is 5.91 Å². The molecule has 0 saturated carbocycles. The van der Waals surface area contributed by atoms with E-state index in [0.717, 1.165) is 5.56 Å². The maximum Gasteiger partial charge on any atom is 0.257 e. The summed E-state index contributed by atoms with van der Waals surface area (Å²) in [6.07, 6.45) is 5.07. The van der Waals surface area contributed by atoms with Crippen molar-refractivity contribution in [2.75, 3.05) is 23.8 Å². The van der Waals surface area contributed by atoms with Crippen molar-refractivity contribution in [1.29, 1.82) is 0 Å². The first-order valence-corrected chi connectivity index (χ1v) is 8.58. The summed E-state index contributed by atoms with van der Waals surface area (Å²) in [5, 5.41) is 6.04. The highest BCUT2D eigenvalue weighted by Crippen LogP contribution is 2.32. The minimum absolute atomic E-state index is 0.238. The summed E-state index contributed by atoms with van der Waals surface area (Å²) in [6, 6.07) is 12.7. The zero-order chi connectivity index (χ0) is 18.5. The highest BCUT2D eigenvalue weighted by atomic mass is 16.6. The van der Waals surface area contributed by atoms with Crippen LogP contribution in [0.2, 0.25) is 0 Å². The van der Waals surface area contributed by atoms with E-state index in [1.807, 2.05) is 12.1 Å². The zero-order valence-corrected chi connectivity index (χ0v) is 14.5. The number of nitrogens with one attached hydrogen (secondary N) is 2. The van der Waals surface area contributed by atoms with Crippen LogP contribution in [0.4, 0.5) is 11.5 Å². The second kappa shape index (κ2) is 7.74. The Morgan fingerprint density at radius 3 is 2.70 bits per heavy atom. The molecule has 0 aliphatic carbocycles. The number of hydrogen-bond donors (Lipinski definition) is 2. The molecule has 1 amide bonds. The SMILES string of the molecule is O=C(Nc1ccc2c(c1)OCCO2)c1ccc(NCc2cccnc2)nc1. The number of hydrogen-bond acceptors (Lipinski definition) is 6. The number of ether oxygens (including phenoxy) is 2. The van der Waals surface area contributed by atoms with Gasteiger partial charge >= 0.3 is 0 Å². The number of carbonyl (C=O) groups is 1. The van der Waals surface area contributed by atoms with Crippen molar-refractivity contribution >= 4 is 17.4 Å². The number of carbonyl (C=O) groups excluding carboxylic acids is 1. The third kappa shape index (κ3) is 4.14. The Labute approximate surface area is 156 Å². The molecule has 1 aliphatic rings. The summed E-state index contributed by atoms with van der Waals surface area (Å²) < 4.78 is 11.0. The Morgan fingerprint density at radius 1 is 1.04 bits per heavy atom. The number of benzene rings is 1. The smallest absolute Gasteiger partial charge is 0.257 e. The van der Waals surface area contributed by atoms with Crippen LogP contribution in [0, 0.1) is 0 Å². The maximum absolute atomic E-state index is 12.4. The predicted molar refractivity (Wildman–Crippen MR) is 101 cm³/mol. The molecule has 3 aromatic rings. The second-order valence-corrected chi connectivity index (χ2v) is 5.96. The minimum atomic E-state index is -0.238. The molecule has 0 atom stereocenters. The van der Waals surface area contributed by atoms with Gasteiger partial charge in [0, 0.05) is 36.9 Å². The first-order chi connectivity index (χ1) is 13.3. The van der Waals surface area contributed by atoms with Gasteiger partial charge in [-0.1, -0.05) is 6.07 Å². The average Bonchev–Trinajstić information content (AvgIpc) is 2.73. The summed E-state index contributed by atoms with van der Waals surface area (Å²) in [7, 11) is 0. The van der Waals surface area contributed by atoms with Gasteiger partial charge < -0.3 is 20.1 Å². The molecule has 0 spiro atoms. The summed E-state index contributed by atoms with van der Waals surface area (Å²) in [6.45, 7) is 1.65. The van der Waals surface area contributed by atoms with Crippen LogP contribution in [0.3, 0.4) is 0 Å². The number of pyridine rings is 2. The van der Waals surface area contributed by atoms with Gasteiger partial charge in [-0.2, -0.15) is 0 Å². The van der Waals surface area contributed by atoms with Gasteiger partial charge in [0.15, 0.2) is 11.5 Å². The van der Waals surface area contributed by atoms with E-state index in [9.17, 15) is 4.79 Å². The van der Waals surface area contributed by atoms with Crippen LogP contribution < -0.4 is 20.1 Å². The Hall–Kier alpha value is -3.61. The Bertz CT molecular complexity index is 930. The minimum Gasteiger partial charge on any atom is -0.486 e. The van der Waals surface area contributed by atoms with Crippen LogP contribution in [-0.4, -0.2) is 29.1 Å².